The van der Waals surface area contributed by atoms with Crippen LogP contribution in [-0.2, 0) is 11.2 Å². The molecule has 0 fully saturated rings. The molecule has 2 rings (SSSR count). The average molecular weight is 262 g/mol. The van der Waals surface area contributed by atoms with Gasteiger partial charge in [-0.15, -0.1) is 0 Å². The van der Waals surface area contributed by atoms with Crippen LogP contribution in [0.3, 0.4) is 0 Å². The molecule has 0 radical (unpaired) electrons. The first-order valence-electron chi connectivity index (χ1n) is 6.15. The zero-order chi connectivity index (χ0) is 13.8. The Balaban J connectivity index is 1.89. The second-order valence-electron chi connectivity index (χ2n) is 4.71. The molecule has 4 N–H and O–H groups in total. The van der Waals surface area contributed by atoms with Crippen LogP contribution in [0.15, 0.2) is 24.5 Å². The summed E-state index contributed by atoms with van der Waals surface area (Å²) in [5, 5.41) is 8.75. The topological polar surface area (TPSA) is 95.2 Å². The quantitative estimate of drug-likeness (QED) is 0.702. The molecule has 0 aliphatic rings. The number of benzene rings is 1. The van der Waals surface area contributed by atoms with E-state index in [1.807, 2.05) is 24.1 Å². The number of nitrogens with two attached hydrogens (primary N) is 1. The summed E-state index contributed by atoms with van der Waals surface area (Å²) >= 11 is 0. The monoisotopic (exact) mass is 262 g/mol. The van der Waals surface area contributed by atoms with Crippen LogP contribution in [0, 0.1) is 0 Å². The number of nitrogens with zero attached hydrogens (tertiary/aromatic N) is 2. The van der Waals surface area contributed by atoms with Crippen molar-refractivity contribution in [3.63, 3.8) is 0 Å². The van der Waals surface area contributed by atoms with Gasteiger partial charge in [0.2, 0.25) is 0 Å². The van der Waals surface area contributed by atoms with Crippen molar-refractivity contribution in [2.45, 2.75) is 12.5 Å². The summed E-state index contributed by atoms with van der Waals surface area (Å²) < 4.78 is 0. The van der Waals surface area contributed by atoms with Crippen molar-refractivity contribution in [1.82, 2.24) is 14.9 Å². The molecule has 0 aliphatic heterocycles. The Labute approximate surface area is 111 Å². The molecule has 1 unspecified atom stereocenters. The summed E-state index contributed by atoms with van der Waals surface area (Å²) in [4.78, 5) is 19.8. The van der Waals surface area contributed by atoms with Gasteiger partial charge in [0.05, 0.1) is 17.4 Å². The van der Waals surface area contributed by atoms with Crippen LogP contribution in [-0.4, -0.2) is 52.1 Å². The van der Waals surface area contributed by atoms with Crippen molar-refractivity contribution >= 4 is 17.0 Å². The Morgan fingerprint density at radius 3 is 3.11 bits per heavy atom. The second-order valence-corrected chi connectivity index (χ2v) is 4.71. The van der Waals surface area contributed by atoms with Crippen molar-refractivity contribution in [3.8, 4) is 0 Å². The molecule has 0 amide bonds. The minimum Gasteiger partial charge on any atom is -0.480 e. The highest BCUT2D eigenvalue weighted by Crippen LogP contribution is 2.12. The lowest BCUT2D eigenvalue weighted by molar-refractivity contribution is -0.138. The number of carboxylic acids is 1. The van der Waals surface area contributed by atoms with Gasteiger partial charge in [-0.2, -0.15) is 0 Å². The van der Waals surface area contributed by atoms with Gasteiger partial charge in [0.25, 0.3) is 0 Å². The first-order valence-corrected chi connectivity index (χ1v) is 6.15. The largest absolute Gasteiger partial charge is 0.480 e. The normalized spacial score (nSPS) is 13.0. The van der Waals surface area contributed by atoms with E-state index < -0.39 is 12.0 Å². The summed E-state index contributed by atoms with van der Waals surface area (Å²) in [5.74, 6) is -0.967. The molecule has 0 aliphatic carbocycles. The van der Waals surface area contributed by atoms with Crippen molar-refractivity contribution in [2.24, 2.45) is 5.73 Å². The highest BCUT2D eigenvalue weighted by molar-refractivity contribution is 5.75. The number of rotatable bonds is 6. The Hall–Kier alpha value is -1.92. The van der Waals surface area contributed by atoms with E-state index in [0.29, 0.717) is 6.54 Å². The number of imidazole rings is 1. The van der Waals surface area contributed by atoms with E-state index in [9.17, 15) is 4.79 Å². The van der Waals surface area contributed by atoms with Gasteiger partial charge in [-0.1, -0.05) is 6.07 Å². The number of nitrogens with one attached hydrogen (secondary N) is 1. The minimum absolute atomic E-state index is 0.349. The van der Waals surface area contributed by atoms with Crippen LogP contribution in [0.5, 0.6) is 0 Å². The third kappa shape index (κ3) is 3.52. The predicted octanol–water partition coefficient (Wildman–Crippen LogP) is 0.449. The number of likely N-dealkylation sites (N-methyl/N-ethyl adjacent to an activating group) is 1. The number of hydrogen-bond acceptors (Lipinski definition) is 4. The Kier molecular flexibility index (Phi) is 4.13. The number of carboxylic acid groups (broad SMARTS) is 1. The summed E-state index contributed by atoms with van der Waals surface area (Å²) in [6.07, 6.45) is 2.52. The molecular formula is C13H18N4O2. The van der Waals surface area contributed by atoms with Crippen LogP contribution >= 0.6 is 0 Å². The molecule has 0 spiro atoms. The lowest BCUT2D eigenvalue weighted by Crippen LogP contribution is -2.41. The minimum atomic E-state index is -0.967. The van der Waals surface area contributed by atoms with Crippen LogP contribution in [0.1, 0.15) is 5.56 Å². The SMILES string of the molecule is CN(CCc1ccc2nc[nH]c2c1)CC(N)C(=O)O. The summed E-state index contributed by atoms with van der Waals surface area (Å²) in [6.45, 7) is 1.11. The maximum atomic E-state index is 10.7. The Morgan fingerprint density at radius 1 is 1.58 bits per heavy atom. The zero-order valence-corrected chi connectivity index (χ0v) is 10.8. The zero-order valence-electron chi connectivity index (χ0n) is 10.8. The van der Waals surface area contributed by atoms with Gasteiger partial charge in [0.15, 0.2) is 0 Å². The van der Waals surface area contributed by atoms with E-state index in [1.165, 1.54) is 5.56 Å². The molecule has 6 nitrogen and oxygen atoms in total. The van der Waals surface area contributed by atoms with E-state index >= 15 is 0 Å². The van der Waals surface area contributed by atoms with Crippen LogP contribution < -0.4 is 5.73 Å². The molecule has 1 aromatic heterocycles. The van der Waals surface area contributed by atoms with Gasteiger partial charge in [0.1, 0.15) is 6.04 Å². The maximum Gasteiger partial charge on any atom is 0.321 e. The highest BCUT2D eigenvalue weighted by Gasteiger charge is 2.13. The van der Waals surface area contributed by atoms with Crippen molar-refractivity contribution in [3.05, 3.63) is 30.1 Å². The summed E-state index contributed by atoms with van der Waals surface area (Å²) in [7, 11) is 1.87. The number of aliphatic carboxylic acids is 1. The standard InChI is InChI=1S/C13H18N4O2/c1-17(7-10(14)13(18)19)5-4-9-2-3-11-12(6-9)16-8-15-11/h2-3,6,8,10H,4-5,7,14H2,1H3,(H,15,16)(H,18,19). The molecule has 19 heavy (non-hydrogen) atoms. The van der Waals surface area contributed by atoms with Gasteiger partial charge >= 0.3 is 5.97 Å². The molecule has 6 heteroatoms. The Bertz CT molecular complexity index is 567. The first-order chi connectivity index (χ1) is 9.06. The molecule has 1 aromatic carbocycles. The summed E-state index contributed by atoms with van der Waals surface area (Å²) in [6, 6.07) is 5.24. The number of aromatic nitrogens is 2. The number of carbonyl (C=O) groups is 1. The van der Waals surface area contributed by atoms with Gasteiger partial charge in [-0.05, 0) is 31.2 Å². The van der Waals surface area contributed by atoms with E-state index in [1.54, 1.807) is 6.33 Å². The number of H-pyrrole nitrogens is 1. The molecule has 2 aromatic rings. The van der Waals surface area contributed by atoms with Crippen molar-refractivity contribution in [2.75, 3.05) is 20.1 Å². The second kappa shape index (κ2) is 5.81. The fourth-order valence-electron chi connectivity index (χ4n) is 1.96. The van der Waals surface area contributed by atoms with E-state index in [-0.39, 0.29) is 0 Å². The predicted molar refractivity (Wildman–Crippen MR) is 72.9 cm³/mol. The average Bonchev–Trinajstić information content (AvgIpc) is 2.83. The van der Waals surface area contributed by atoms with Crippen LogP contribution in [0.2, 0.25) is 0 Å². The lowest BCUT2D eigenvalue weighted by Gasteiger charge is -2.18. The molecule has 102 valence electrons. The van der Waals surface area contributed by atoms with E-state index in [2.05, 4.69) is 16.0 Å². The molecule has 0 saturated heterocycles. The molecule has 1 heterocycles. The Morgan fingerprint density at radius 2 is 2.37 bits per heavy atom. The molecular weight excluding hydrogens is 244 g/mol. The highest BCUT2D eigenvalue weighted by atomic mass is 16.4. The number of hydrogen-bond donors (Lipinski definition) is 3. The van der Waals surface area contributed by atoms with Crippen molar-refractivity contribution in [1.29, 1.82) is 0 Å². The fourth-order valence-corrected chi connectivity index (χ4v) is 1.96. The molecule has 1 atom stereocenters. The third-order valence-electron chi connectivity index (χ3n) is 3.09. The fraction of sp³-hybridized carbons (Fsp3) is 0.385. The van der Waals surface area contributed by atoms with Gasteiger partial charge < -0.3 is 20.7 Å². The van der Waals surface area contributed by atoms with E-state index in [4.69, 9.17) is 10.8 Å². The van der Waals surface area contributed by atoms with Gasteiger partial charge in [-0.25, -0.2) is 4.98 Å². The van der Waals surface area contributed by atoms with Gasteiger partial charge in [0, 0.05) is 13.1 Å². The van der Waals surface area contributed by atoms with Gasteiger partial charge in [-0.3, -0.25) is 4.79 Å². The smallest absolute Gasteiger partial charge is 0.321 e. The lowest BCUT2D eigenvalue weighted by atomic mass is 10.1. The summed E-state index contributed by atoms with van der Waals surface area (Å²) in [5.41, 5.74) is 8.65. The third-order valence-corrected chi connectivity index (χ3v) is 3.09. The number of fused-ring (bicyclic) bond motifs is 1. The number of aromatic amines is 1. The molecule has 0 saturated carbocycles. The van der Waals surface area contributed by atoms with Crippen LogP contribution in [0.4, 0.5) is 0 Å². The van der Waals surface area contributed by atoms with Crippen molar-refractivity contribution < 1.29 is 9.90 Å². The maximum absolute atomic E-state index is 10.7. The van der Waals surface area contributed by atoms with E-state index in [0.717, 1.165) is 24.0 Å². The van der Waals surface area contributed by atoms with Crippen LogP contribution in [0.25, 0.3) is 11.0 Å². The first kappa shape index (κ1) is 13.5. The molecule has 0 bridgehead atoms.